The number of thioether (sulfide) groups is 1. The van der Waals surface area contributed by atoms with Crippen LogP contribution in [0.2, 0.25) is 0 Å². The number of nitrogens with zero attached hydrogens (tertiary/aromatic N) is 3. The zero-order chi connectivity index (χ0) is 28.1. The van der Waals surface area contributed by atoms with Gasteiger partial charge >= 0.3 is 12.4 Å². The van der Waals surface area contributed by atoms with Gasteiger partial charge in [0, 0.05) is 26.2 Å². The summed E-state index contributed by atoms with van der Waals surface area (Å²) >= 11 is 5.51. The van der Waals surface area contributed by atoms with Crippen molar-refractivity contribution < 1.29 is 35.8 Å². The van der Waals surface area contributed by atoms with Crippen molar-refractivity contribution in [3.8, 4) is 11.8 Å². The lowest BCUT2D eigenvalue weighted by Gasteiger charge is -2.37. The summed E-state index contributed by atoms with van der Waals surface area (Å²) in [4.78, 5) is 3.89. The van der Waals surface area contributed by atoms with Crippen LogP contribution in [0.5, 0.6) is 5.75 Å². The molecule has 3 rings (SSSR count). The second kappa shape index (κ2) is 12.5. The standard InChI is InChI=1S/C23H25F6N5O2S2/c24-22(25,26)18-11-17(2-1-14(18)12-30)36-16-5-3-15(4-6-16)35-13-19(37)33-7-9-34(10-8-33)21(32)38-20(31)23(27,28)29/h1-2,11,15-16,31-32H,3-10,13H2. The molecule has 0 atom stereocenters. The lowest BCUT2D eigenvalue weighted by atomic mass is 9.95. The van der Waals surface area contributed by atoms with Crippen LogP contribution >= 0.6 is 24.0 Å². The number of alkyl halides is 6. The molecule has 1 aromatic carbocycles. The van der Waals surface area contributed by atoms with Gasteiger partial charge in [0.2, 0.25) is 0 Å². The van der Waals surface area contributed by atoms with Gasteiger partial charge in [-0.15, -0.1) is 0 Å². The molecule has 0 radical (unpaired) electrons. The minimum absolute atomic E-state index is 0.0581. The van der Waals surface area contributed by atoms with E-state index in [4.69, 9.17) is 37.8 Å². The van der Waals surface area contributed by atoms with Gasteiger partial charge in [0.05, 0.1) is 36.0 Å². The molecule has 15 heteroatoms. The third kappa shape index (κ3) is 8.21. The third-order valence-electron chi connectivity index (χ3n) is 6.16. The number of hydrogen-bond acceptors (Lipinski definition) is 7. The highest BCUT2D eigenvalue weighted by Crippen LogP contribution is 2.35. The molecular formula is C23H25F6N5O2S2. The van der Waals surface area contributed by atoms with Crippen molar-refractivity contribution in [2.24, 2.45) is 0 Å². The van der Waals surface area contributed by atoms with Crippen LogP contribution in [0.25, 0.3) is 0 Å². The van der Waals surface area contributed by atoms with Crippen molar-refractivity contribution in [1.82, 2.24) is 9.80 Å². The maximum Gasteiger partial charge on any atom is 0.439 e. The first-order valence-corrected chi connectivity index (χ1v) is 12.8. The first-order chi connectivity index (χ1) is 17.8. The molecule has 0 bridgehead atoms. The quantitative estimate of drug-likeness (QED) is 0.207. The Hall–Kier alpha value is -2.57. The molecule has 2 fully saturated rings. The summed E-state index contributed by atoms with van der Waals surface area (Å²) in [7, 11) is 0. The average Bonchev–Trinajstić information content (AvgIpc) is 2.87. The Morgan fingerprint density at radius 2 is 1.58 bits per heavy atom. The Balaban J connectivity index is 1.38. The predicted molar refractivity (Wildman–Crippen MR) is 134 cm³/mol. The van der Waals surface area contributed by atoms with Crippen LogP contribution in [0.3, 0.4) is 0 Å². The lowest BCUT2D eigenvalue weighted by molar-refractivity contribution is -0.137. The van der Waals surface area contributed by atoms with E-state index in [-0.39, 0.29) is 41.5 Å². The van der Waals surface area contributed by atoms with Crippen molar-refractivity contribution in [3.05, 3.63) is 29.3 Å². The van der Waals surface area contributed by atoms with E-state index >= 15 is 0 Å². The summed E-state index contributed by atoms with van der Waals surface area (Å²) in [6.07, 6.45) is -7.41. The third-order valence-corrected chi connectivity index (χ3v) is 7.42. The largest absolute Gasteiger partial charge is 0.490 e. The zero-order valence-electron chi connectivity index (χ0n) is 20.0. The smallest absolute Gasteiger partial charge is 0.439 e. The molecule has 1 saturated heterocycles. The summed E-state index contributed by atoms with van der Waals surface area (Å²) in [5.41, 5.74) is -1.49. The number of rotatable bonds is 5. The molecule has 0 amide bonds. The number of nitriles is 1. The Kier molecular flexibility index (Phi) is 9.88. The van der Waals surface area contributed by atoms with Crippen LogP contribution in [0.1, 0.15) is 36.8 Å². The molecule has 1 heterocycles. The first kappa shape index (κ1) is 30.0. The van der Waals surface area contributed by atoms with E-state index in [2.05, 4.69) is 0 Å². The summed E-state index contributed by atoms with van der Waals surface area (Å²) in [6, 6.07) is 4.84. The van der Waals surface area contributed by atoms with Gasteiger partial charge < -0.3 is 19.3 Å². The highest BCUT2D eigenvalue weighted by atomic mass is 32.2. The number of piperazine rings is 1. The number of hydrogen-bond donors (Lipinski definition) is 2. The van der Waals surface area contributed by atoms with Gasteiger partial charge in [-0.3, -0.25) is 10.8 Å². The van der Waals surface area contributed by atoms with Crippen LogP contribution in [0, 0.1) is 22.1 Å². The van der Waals surface area contributed by atoms with E-state index in [1.807, 2.05) is 4.90 Å². The summed E-state index contributed by atoms with van der Waals surface area (Å²) < 4.78 is 88.8. The van der Waals surface area contributed by atoms with Crippen LogP contribution in [0.15, 0.2) is 18.2 Å². The van der Waals surface area contributed by atoms with E-state index in [0.717, 1.165) is 12.1 Å². The number of nitrogens with one attached hydrogen (secondary N) is 2. The van der Waals surface area contributed by atoms with Gasteiger partial charge in [-0.25, -0.2) is 0 Å². The van der Waals surface area contributed by atoms with Crippen molar-refractivity contribution >= 4 is 39.2 Å². The van der Waals surface area contributed by atoms with Gasteiger partial charge in [-0.1, -0.05) is 12.2 Å². The molecule has 1 saturated carbocycles. The molecular weight excluding hydrogens is 556 g/mol. The topological polar surface area (TPSA) is 96.4 Å². The van der Waals surface area contributed by atoms with E-state index in [1.54, 1.807) is 6.07 Å². The summed E-state index contributed by atoms with van der Waals surface area (Å²) in [5, 5.41) is 21.9. The van der Waals surface area contributed by atoms with E-state index in [1.165, 1.54) is 11.0 Å². The minimum atomic E-state index is -4.77. The Morgan fingerprint density at radius 1 is 1.00 bits per heavy atom. The lowest BCUT2D eigenvalue weighted by Crippen LogP contribution is -2.50. The van der Waals surface area contributed by atoms with Gasteiger partial charge in [0.15, 0.2) is 10.2 Å². The molecule has 7 nitrogen and oxygen atoms in total. The van der Waals surface area contributed by atoms with Crippen LogP contribution < -0.4 is 4.74 Å². The molecule has 2 aliphatic rings. The molecule has 0 unspecified atom stereocenters. The highest BCUT2D eigenvalue weighted by Gasteiger charge is 2.37. The van der Waals surface area contributed by atoms with Crippen LogP contribution in [-0.2, 0) is 10.9 Å². The molecule has 1 aliphatic heterocycles. The van der Waals surface area contributed by atoms with E-state index in [0.29, 0.717) is 56.9 Å². The van der Waals surface area contributed by atoms with Crippen molar-refractivity contribution in [2.45, 2.75) is 50.2 Å². The monoisotopic (exact) mass is 581 g/mol. The predicted octanol–water partition coefficient (Wildman–Crippen LogP) is 5.44. The number of thiocarbonyl (C=S) groups is 1. The molecule has 1 aliphatic carbocycles. The maximum absolute atomic E-state index is 13.2. The minimum Gasteiger partial charge on any atom is -0.490 e. The fourth-order valence-corrected chi connectivity index (χ4v) is 4.97. The molecule has 0 spiro atoms. The van der Waals surface area contributed by atoms with Gasteiger partial charge in [-0.2, -0.15) is 31.6 Å². The van der Waals surface area contributed by atoms with Gasteiger partial charge in [-0.05, 0) is 55.6 Å². The molecule has 2 N–H and O–H groups in total. The summed E-state index contributed by atoms with van der Waals surface area (Å²) in [6.45, 7) is 1.60. The normalized spacial score (nSPS) is 20.6. The zero-order valence-corrected chi connectivity index (χ0v) is 21.6. The van der Waals surface area contributed by atoms with E-state index < -0.39 is 28.5 Å². The van der Waals surface area contributed by atoms with Crippen molar-refractivity contribution in [3.63, 3.8) is 0 Å². The average molecular weight is 582 g/mol. The second-order valence-electron chi connectivity index (χ2n) is 8.75. The highest BCUT2D eigenvalue weighted by molar-refractivity contribution is 8.26. The van der Waals surface area contributed by atoms with Crippen molar-refractivity contribution in [1.29, 1.82) is 16.1 Å². The first-order valence-electron chi connectivity index (χ1n) is 11.6. The number of benzene rings is 1. The SMILES string of the molecule is N#Cc1ccc(OC2CCC(OCC(=S)N3CCN(C(=N)SC(=N)C(F)(F)F)CC3)CC2)cc1C(F)(F)F. The fraction of sp³-hybridized carbons (Fsp3) is 0.565. The molecule has 38 heavy (non-hydrogen) atoms. The van der Waals surface area contributed by atoms with Crippen molar-refractivity contribution in [2.75, 3.05) is 32.8 Å². The molecule has 1 aromatic rings. The second-order valence-corrected chi connectivity index (χ2v) is 10.2. The molecule has 0 aromatic heterocycles. The maximum atomic E-state index is 13.2. The van der Waals surface area contributed by atoms with Gasteiger partial charge in [0.25, 0.3) is 0 Å². The Morgan fingerprint density at radius 3 is 2.13 bits per heavy atom. The van der Waals surface area contributed by atoms with Crippen LogP contribution in [0.4, 0.5) is 26.3 Å². The van der Waals surface area contributed by atoms with Crippen LogP contribution in [-0.4, -0.2) is 76.2 Å². The number of halogens is 6. The Bertz CT molecular complexity index is 1080. The molecule has 208 valence electrons. The van der Waals surface area contributed by atoms with E-state index in [9.17, 15) is 26.3 Å². The Labute approximate surface area is 225 Å². The number of amidine groups is 1. The van der Waals surface area contributed by atoms with Gasteiger partial charge in [0.1, 0.15) is 10.7 Å². The fourth-order valence-electron chi connectivity index (χ4n) is 4.10. The summed E-state index contributed by atoms with van der Waals surface area (Å²) in [5.74, 6) is 0.0581. The number of ether oxygens (including phenoxy) is 2.